The molecule has 1 atom stereocenters. The van der Waals surface area contributed by atoms with Crippen LogP contribution in [0.25, 0.3) is 0 Å². The van der Waals surface area contributed by atoms with E-state index < -0.39 is 27.0 Å². The van der Waals surface area contributed by atoms with E-state index >= 15 is 0 Å². The maximum Gasteiger partial charge on any atom is 0.416 e. The average molecular weight is 406 g/mol. The van der Waals surface area contributed by atoms with Gasteiger partial charge in [-0.3, -0.25) is 4.79 Å². The molecule has 2 rings (SSSR count). The van der Waals surface area contributed by atoms with E-state index in [1.165, 1.54) is 12.1 Å². The number of carbonyl (C=O) groups is 1. The Morgan fingerprint density at radius 2 is 1.70 bits per heavy atom. The standard InChI is InChI=1S/C18H25F3N2O3S/c1-3-12(2)27(25,26)23-16-8-4-13(5-9-16)17(24)22-15-10-6-14(7-11-15)18(19,20)21/h6-7,10-13,16,23H,3-5,8-9H2,1-2H3,(H,22,24)/t12?,13-,16-. The number of hydrogen-bond donors (Lipinski definition) is 2. The van der Waals surface area contributed by atoms with Gasteiger partial charge in [-0.1, -0.05) is 6.92 Å². The Balaban J connectivity index is 1.86. The first-order valence-electron chi connectivity index (χ1n) is 9.02. The topological polar surface area (TPSA) is 75.3 Å². The Labute approximate surface area is 157 Å². The monoisotopic (exact) mass is 406 g/mol. The summed E-state index contributed by atoms with van der Waals surface area (Å²) >= 11 is 0. The van der Waals surface area contributed by atoms with Crippen LogP contribution in [0.2, 0.25) is 0 Å². The zero-order valence-electron chi connectivity index (χ0n) is 15.3. The summed E-state index contributed by atoms with van der Waals surface area (Å²) in [5.74, 6) is -0.533. The number of hydrogen-bond acceptors (Lipinski definition) is 3. The summed E-state index contributed by atoms with van der Waals surface area (Å²) in [6.45, 7) is 3.47. The zero-order valence-corrected chi connectivity index (χ0v) is 16.2. The number of benzene rings is 1. The van der Waals surface area contributed by atoms with Crippen LogP contribution in [0.5, 0.6) is 0 Å². The molecule has 1 unspecified atom stereocenters. The molecule has 1 amide bonds. The summed E-state index contributed by atoms with van der Waals surface area (Å²) in [6.07, 6.45) is -1.72. The molecule has 152 valence electrons. The van der Waals surface area contributed by atoms with Crippen molar-refractivity contribution in [3.63, 3.8) is 0 Å². The molecule has 1 aliphatic carbocycles. The molecule has 1 aromatic rings. The van der Waals surface area contributed by atoms with Crippen molar-refractivity contribution in [1.82, 2.24) is 4.72 Å². The van der Waals surface area contributed by atoms with Crippen molar-refractivity contribution >= 4 is 21.6 Å². The van der Waals surface area contributed by atoms with Gasteiger partial charge in [-0.15, -0.1) is 0 Å². The number of halogens is 3. The van der Waals surface area contributed by atoms with Crippen LogP contribution in [0.1, 0.15) is 51.5 Å². The predicted octanol–water partition coefficient (Wildman–Crippen LogP) is 3.92. The summed E-state index contributed by atoms with van der Waals surface area (Å²) in [5, 5.41) is 2.18. The predicted molar refractivity (Wildman–Crippen MR) is 97.6 cm³/mol. The molecule has 1 aliphatic rings. The van der Waals surface area contributed by atoms with Crippen LogP contribution >= 0.6 is 0 Å². The highest BCUT2D eigenvalue weighted by Crippen LogP contribution is 2.30. The van der Waals surface area contributed by atoms with E-state index in [0.29, 0.717) is 37.8 Å². The van der Waals surface area contributed by atoms with Gasteiger partial charge >= 0.3 is 6.18 Å². The lowest BCUT2D eigenvalue weighted by atomic mass is 9.86. The van der Waals surface area contributed by atoms with Crippen LogP contribution in [-0.4, -0.2) is 25.6 Å². The van der Waals surface area contributed by atoms with Crippen molar-refractivity contribution in [2.75, 3.05) is 5.32 Å². The minimum Gasteiger partial charge on any atom is -0.326 e. The van der Waals surface area contributed by atoms with E-state index in [9.17, 15) is 26.4 Å². The second-order valence-corrected chi connectivity index (χ2v) is 9.13. The number of carbonyl (C=O) groups excluding carboxylic acids is 1. The number of amides is 1. The molecule has 2 N–H and O–H groups in total. The molecular weight excluding hydrogens is 381 g/mol. The summed E-state index contributed by atoms with van der Waals surface area (Å²) in [7, 11) is -3.35. The molecule has 1 aromatic carbocycles. The average Bonchev–Trinajstić information content (AvgIpc) is 2.60. The third-order valence-corrected chi connectivity index (χ3v) is 7.07. The number of nitrogens with one attached hydrogen (secondary N) is 2. The normalized spacial score (nSPS) is 22.3. The van der Waals surface area contributed by atoms with E-state index in [2.05, 4.69) is 10.0 Å². The van der Waals surface area contributed by atoms with Gasteiger partial charge in [0, 0.05) is 17.6 Å². The van der Waals surface area contributed by atoms with Gasteiger partial charge in [-0.05, 0) is 63.3 Å². The first-order chi connectivity index (χ1) is 12.5. The van der Waals surface area contributed by atoms with Crippen molar-refractivity contribution in [3.8, 4) is 0 Å². The van der Waals surface area contributed by atoms with E-state index in [1.54, 1.807) is 6.92 Å². The quantitative estimate of drug-likeness (QED) is 0.752. The SMILES string of the molecule is CCC(C)S(=O)(=O)N[C@H]1CC[C@H](C(=O)Nc2ccc(C(F)(F)F)cc2)CC1. The van der Waals surface area contributed by atoms with E-state index in [0.717, 1.165) is 12.1 Å². The van der Waals surface area contributed by atoms with Crippen molar-refractivity contribution in [3.05, 3.63) is 29.8 Å². The van der Waals surface area contributed by atoms with E-state index in [-0.39, 0.29) is 17.9 Å². The molecule has 0 heterocycles. The fourth-order valence-electron chi connectivity index (χ4n) is 3.03. The minimum atomic E-state index is -4.41. The first-order valence-corrected chi connectivity index (χ1v) is 10.6. The molecule has 0 spiro atoms. The fraction of sp³-hybridized carbons (Fsp3) is 0.611. The van der Waals surface area contributed by atoms with Crippen LogP contribution in [0, 0.1) is 5.92 Å². The second kappa shape index (κ2) is 8.60. The highest BCUT2D eigenvalue weighted by molar-refractivity contribution is 7.90. The van der Waals surface area contributed by atoms with Gasteiger partial charge in [0.05, 0.1) is 10.8 Å². The van der Waals surface area contributed by atoms with Crippen molar-refractivity contribution in [1.29, 1.82) is 0 Å². The van der Waals surface area contributed by atoms with Gasteiger partial charge in [0.15, 0.2) is 0 Å². The van der Waals surface area contributed by atoms with Gasteiger partial charge in [0.1, 0.15) is 0 Å². The molecular formula is C18H25F3N2O3S. The fourth-order valence-corrected chi connectivity index (χ4v) is 4.40. The van der Waals surface area contributed by atoms with Crippen molar-refractivity contribution < 1.29 is 26.4 Å². The van der Waals surface area contributed by atoms with Crippen LogP contribution in [0.4, 0.5) is 18.9 Å². The van der Waals surface area contributed by atoms with Crippen LogP contribution in [0.3, 0.4) is 0 Å². The van der Waals surface area contributed by atoms with Crippen LogP contribution in [0.15, 0.2) is 24.3 Å². The van der Waals surface area contributed by atoms with Crippen molar-refractivity contribution in [2.24, 2.45) is 5.92 Å². The summed E-state index contributed by atoms with van der Waals surface area (Å²) in [6, 6.07) is 4.13. The smallest absolute Gasteiger partial charge is 0.326 e. The van der Waals surface area contributed by atoms with Gasteiger partial charge in [-0.2, -0.15) is 13.2 Å². The molecule has 1 fully saturated rings. The first kappa shape index (κ1) is 21.7. The molecule has 0 aromatic heterocycles. The third kappa shape index (κ3) is 5.93. The van der Waals surface area contributed by atoms with Gasteiger partial charge in [0.2, 0.25) is 15.9 Å². The van der Waals surface area contributed by atoms with E-state index in [1.807, 2.05) is 6.92 Å². The van der Waals surface area contributed by atoms with Crippen LogP contribution in [-0.2, 0) is 21.0 Å². The largest absolute Gasteiger partial charge is 0.416 e. The number of rotatable bonds is 6. The second-order valence-electron chi connectivity index (χ2n) is 6.99. The maximum absolute atomic E-state index is 12.6. The third-order valence-electron chi connectivity index (χ3n) is 5.01. The number of anilines is 1. The zero-order chi connectivity index (χ0) is 20.2. The molecule has 0 bridgehead atoms. The number of sulfonamides is 1. The summed E-state index contributed by atoms with van der Waals surface area (Å²) < 4.78 is 64.6. The van der Waals surface area contributed by atoms with Crippen LogP contribution < -0.4 is 10.0 Å². The minimum absolute atomic E-state index is 0.181. The summed E-state index contributed by atoms with van der Waals surface area (Å²) in [4.78, 5) is 12.3. The molecule has 27 heavy (non-hydrogen) atoms. The number of alkyl halides is 3. The van der Waals surface area contributed by atoms with Gasteiger partial charge in [0.25, 0.3) is 0 Å². The van der Waals surface area contributed by atoms with E-state index in [4.69, 9.17) is 0 Å². The molecule has 1 saturated carbocycles. The Morgan fingerprint density at radius 3 is 2.19 bits per heavy atom. The lowest BCUT2D eigenvalue weighted by molar-refractivity contribution is -0.137. The Kier molecular flexibility index (Phi) is 6.91. The van der Waals surface area contributed by atoms with Gasteiger partial charge in [-0.25, -0.2) is 13.1 Å². The molecule has 0 saturated heterocycles. The Hall–Kier alpha value is -1.61. The lowest BCUT2D eigenvalue weighted by Gasteiger charge is -2.29. The molecule has 0 radical (unpaired) electrons. The highest BCUT2D eigenvalue weighted by Gasteiger charge is 2.31. The summed E-state index contributed by atoms with van der Waals surface area (Å²) in [5.41, 5.74) is -0.456. The maximum atomic E-state index is 12.6. The molecule has 9 heteroatoms. The lowest BCUT2D eigenvalue weighted by Crippen LogP contribution is -2.42. The van der Waals surface area contributed by atoms with Crippen molar-refractivity contribution in [2.45, 2.75) is 63.4 Å². The Morgan fingerprint density at radius 1 is 1.15 bits per heavy atom. The highest BCUT2D eigenvalue weighted by atomic mass is 32.2. The Bertz CT molecular complexity index is 740. The molecule has 5 nitrogen and oxygen atoms in total. The molecule has 0 aliphatic heterocycles. The van der Waals surface area contributed by atoms with Gasteiger partial charge < -0.3 is 5.32 Å².